The maximum atomic E-state index is 6.09. The highest BCUT2D eigenvalue weighted by molar-refractivity contribution is 6.30. The van der Waals surface area contributed by atoms with Gasteiger partial charge in [0.25, 0.3) is 0 Å². The third kappa shape index (κ3) is 5.02. The number of rotatable bonds is 7. The van der Waals surface area contributed by atoms with E-state index < -0.39 is 5.79 Å². The molecule has 2 atom stereocenters. The SMILES string of the molecule is CC1(c2ccc(Cl)cc2)OCC(CO/N=C(\Cn2ccnc2)c2ccc(Cl)cc2)O1. The van der Waals surface area contributed by atoms with E-state index in [0.717, 1.165) is 16.8 Å². The molecule has 1 aliphatic heterocycles. The predicted octanol–water partition coefficient (Wildman–Crippen LogP) is 4.90. The van der Waals surface area contributed by atoms with Crippen LogP contribution in [0.2, 0.25) is 10.0 Å². The van der Waals surface area contributed by atoms with Gasteiger partial charge in [0.15, 0.2) is 5.79 Å². The summed E-state index contributed by atoms with van der Waals surface area (Å²) in [4.78, 5) is 9.73. The first-order chi connectivity index (χ1) is 14.5. The van der Waals surface area contributed by atoms with Gasteiger partial charge >= 0.3 is 0 Å². The van der Waals surface area contributed by atoms with Gasteiger partial charge in [-0.05, 0) is 31.2 Å². The Morgan fingerprint density at radius 3 is 2.53 bits per heavy atom. The fraction of sp³-hybridized carbons (Fsp3) is 0.273. The molecule has 3 aromatic rings. The first-order valence-corrected chi connectivity index (χ1v) is 10.3. The molecular weight excluding hydrogens is 425 g/mol. The number of nitrogens with zero attached hydrogens (tertiary/aromatic N) is 3. The minimum Gasteiger partial charge on any atom is -0.393 e. The van der Waals surface area contributed by atoms with E-state index in [4.69, 9.17) is 37.5 Å². The van der Waals surface area contributed by atoms with Gasteiger partial charge in [-0.3, -0.25) is 0 Å². The Morgan fingerprint density at radius 1 is 1.17 bits per heavy atom. The van der Waals surface area contributed by atoms with E-state index in [0.29, 0.717) is 23.2 Å². The van der Waals surface area contributed by atoms with Gasteiger partial charge in [-0.15, -0.1) is 0 Å². The normalized spacial score (nSPS) is 21.7. The second-order valence-electron chi connectivity index (χ2n) is 7.08. The van der Waals surface area contributed by atoms with E-state index in [1.54, 1.807) is 12.5 Å². The van der Waals surface area contributed by atoms with E-state index in [1.807, 2.05) is 66.2 Å². The van der Waals surface area contributed by atoms with Crippen LogP contribution in [0.4, 0.5) is 0 Å². The first-order valence-electron chi connectivity index (χ1n) is 9.50. The van der Waals surface area contributed by atoms with E-state index in [1.165, 1.54) is 0 Å². The van der Waals surface area contributed by atoms with Gasteiger partial charge in [0.05, 0.1) is 19.5 Å². The molecule has 2 heterocycles. The number of oxime groups is 1. The minimum atomic E-state index is -0.835. The summed E-state index contributed by atoms with van der Waals surface area (Å²) in [6, 6.07) is 14.9. The largest absolute Gasteiger partial charge is 0.393 e. The van der Waals surface area contributed by atoms with Crippen LogP contribution in [0.5, 0.6) is 0 Å². The molecule has 0 spiro atoms. The summed E-state index contributed by atoms with van der Waals surface area (Å²) in [7, 11) is 0. The van der Waals surface area contributed by atoms with Crippen LogP contribution in [0, 0.1) is 0 Å². The third-order valence-electron chi connectivity index (χ3n) is 4.81. The third-order valence-corrected chi connectivity index (χ3v) is 5.31. The van der Waals surface area contributed by atoms with Gasteiger partial charge < -0.3 is 18.9 Å². The fourth-order valence-electron chi connectivity index (χ4n) is 3.19. The standard InChI is InChI=1S/C22H21Cl2N3O3/c1-22(17-4-8-19(24)9-5-17)28-13-20(30-22)14-29-26-21(12-27-11-10-25-15-27)16-2-6-18(23)7-3-16/h2-11,15,20H,12-14H2,1H3/b26-21+. The summed E-state index contributed by atoms with van der Waals surface area (Å²) in [6.07, 6.45) is 5.09. The lowest BCUT2D eigenvalue weighted by Crippen LogP contribution is -2.25. The van der Waals surface area contributed by atoms with Crippen LogP contribution in [0.1, 0.15) is 18.1 Å². The van der Waals surface area contributed by atoms with E-state index in [-0.39, 0.29) is 12.7 Å². The Labute approximate surface area is 185 Å². The smallest absolute Gasteiger partial charge is 0.192 e. The molecule has 0 amide bonds. The molecule has 0 N–H and O–H groups in total. The molecule has 0 bridgehead atoms. The van der Waals surface area contributed by atoms with Crippen molar-refractivity contribution in [2.75, 3.05) is 13.2 Å². The molecule has 4 rings (SSSR count). The van der Waals surface area contributed by atoms with Gasteiger partial charge in [-0.25, -0.2) is 4.98 Å². The number of halogens is 2. The average molecular weight is 446 g/mol. The Balaban J connectivity index is 1.41. The van der Waals surface area contributed by atoms with Crippen molar-refractivity contribution in [2.24, 2.45) is 5.16 Å². The van der Waals surface area contributed by atoms with Crippen molar-refractivity contribution in [3.63, 3.8) is 0 Å². The zero-order valence-corrected chi connectivity index (χ0v) is 17.9. The van der Waals surface area contributed by atoms with Crippen LogP contribution >= 0.6 is 23.2 Å². The minimum absolute atomic E-state index is 0.242. The molecule has 156 valence electrons. The Kier molecular flexibility index (Phi) is 6.39. The van der Waals surface area contributed by atoms with Crippen molar-refractivity contribution in [3.05, 3.63) is 88.4 Å². The second-order valence-corrected chi connectivity index (χ2v) is 7.95. The fourth-order valence-corrected chi connectivity index (χ4v) is 3.44. The van der Waals surface area contributed by atoms with Crippen LogP contribution in [-0.2, 0) is 26.6 Å². The van der Waals surface area contributed by atoms with Crippen molar-refractivity contribution < 1.29 is 14.3 Å². The van der Waals surface area contributed by atoms with Crippen LogP contribution in [0.15, 0.2) is 72.4 Å². The van der Waals surface area contributed by atoms with Crippen LogP contribution in [0.3, 0.4) is 0 Å². The first kappa shape index (κ1) is 20.9. The van der Waals surface area contributed by atoms with Crippen molar-refractivity contribution in [2.45, 2.75) is 25.4 Å². The molecule has 1 saturated heterocycles. The number of aromatic nitrogens is 2. The van der Waals surface area contributed by atoms with E-state index in [9.17, 15) is 0 Å². The van der Waals surface area contributed by atoms with Gasteiger partial charge in [-0.2, -0.15) is 0 Å². The lowest BCUT2D eigenvalue weighted by atomic mass is 10.1. The number of ether oxygens (including phenoxy) is 2. The molecule has 1 aliphatic rings. The van der Waals surface area contributed by atoms with Crippen LogP contribution in [0.25, 0.3) is 0 Å². The van der Waals surface area contributed by atoms with Gasteiger partial charge in [0.1, 0.15) is 18.4 Å². The zero-order valence-electron chi connectivity index (χ0n) is 16.4. The summed E-state index contributed by atoms with van der Waals surface area (Å²) < 4.78 is 13.9. The maximum absolute atomic E-state index is 6.09. The lowest BCUT2D eigenvalue weighted by Gasteiger charge is -2.23. The molecule has 6 nitrogen and oxygen atoms in total. The molecule has 0 saturated carbocycles. The summed E-state index contributed by atoms with van der Waals surface area (Å²) in [5, 5.41) is 5.70. The Hall–Kier alpha value is -2.38. The maximum Gasteiger partial charge on any atom is 0.192 e. The molecule has 8 heteroatoms. The molecule has 1 aromatic heterocycles. The van der Waals surface area contributed by atoms with Crippen molar-refractivity contribution in [3.8, 4) is 0 Å². The highest BCUT2D eigenvalue weighted by Gasteiger charge is 2.39. The number of imidazole rings is 1. The quantitative estimate of drug-likeness (QED) is 0.383. The van der Waals surface area contributed by atoms with E-state index >= 15 is 0 Å². The van der Waals surface area contributed by atoms with Gasteiger partial charge in [0, 0.05) is 33.6 Å². The van der Waals surface area contributed by atoms with Gasteiger partial charge in [-0.1, -0.05) is 52.6 Å². The summed E-state index contributed by atoms with van der Waals surface area (Å²) in [6.45, 7) is 3.08. The van der Waals surface area contributed by atoms with Crippen LogP contribution < -0.4 is 0 Å². The number of hydrogen-bond acceptors (Lipinski definition) is 5. The Bertz CT molecular complexity index is 991. The molecule has 1 fully saturated rings. The molecule has 2 unspecified atom stereocenters. The monoisotopic (exact) mass is 445 g/mol. The topological polar surface area (TPSA) is 57.9 Å². The summed E-state index contributed by atoms with van der Waals surface area (Å²) in [5.74, 6) is -0.835. The lowest BCUT2D eigenvalue weighted by molar-refractivity contribution is -0.167. The predicted molar refractivity (Wildman–Crippen MR) is 116 cm³/mol. The summed E-state index contributed by atoms with van der Waals surface area (Å²) in [5.41, 5.74) is 2.58. The van der Waals surface area contributed by atoms with E-state index in [2.05, 4.69) is 10.1 Å². The highest BCUT2D eigenvalue weighted by Crippen LogP contribution is 2.34. The molecule has 0 radical (unpaired) electrons. The van der Waals surface area contributed by atoms with Crippen molar-refractivity contribution in [1.82, 2.24) is 9.55 Å². The van der Waals surface area contributed by atoms with Gasteiger partial charge in [0.2, 0.25) is 0 Å². The number of benzene rings is 2. The average Bonchev–Trinajstić information content (AvgIpc) is 3.39. The summed E-state index contributed by atoms with van der Waals surface area (Å²) >= 11 is 12.0. The molecular formula is C22H21Cl2N3O3. The molecule has 2 aromatic carbocycles. The van der Waals surface area contributed by atoms with Crippen LogP contribution in [-0.4, -0.2) is 34.6 Å². The van der Waals surface area contributed by atoms with Crippen molar-refractivity contribution >= 4 is 28.9 Å². The number of hydrogen-bond donors (Lipinski definition) is 0. The Morgan fingerprint density at radius 2 is 1.87 bits per heavy atom. The second kappa shape index (κ2) is 9.18. The van der Waals surface area contributed by atoms with Crippen molar-refractivity contribution in [1.29, 1.82) is 0 Å². The molecule has 30 heavy (non-hydrogen) atoms. The zero-order chi connectivity index (χ0) is 21.0. The molecule has 0 aliphatic carbocycles. The highest BCUT2D eigenvalue weighted by atomic mass is 35.5.